The molecule has 2 aromatic heterocycles. The zero-order valence-corrected chi connectivity index (χ0v) is 16.6. The fraction of sp³-hybridized carbons (Fsp3) is 0.263. The van der Waals surface area contributed by atoms with E-state index in [-0.39, 0.29) is 10.8 Å². The first kappa shape index (κ1) is 18.9. The monoisotopic (exact) mass is 417 g/mol. The maximum atomic E-state index is 12.8. The molecule has 1 aromatic carbocycles. The van der Waals surface area contributed by atoms with Crippen LogP contribution in [-0.2, 0) is 14.8 Å². The van der Waals surface area contributed by atoms with Gasteiger partial charge < -0.3 is 4.42 Å². The minimum Gasteiger partial charge on any atom is -0.465 e. The zero-order chi connectivity index (χ0) is 19.6. The highest BCUT2D eigenvalue weighted by molar-refractivity contribution is 7.89. The van der Waals surface area contributed by atoms with E-state index in [0.717, 1.165) is 19.3 Å². The van der Waals surface area contributed by atoms with Crippen molar-refractivity contribution in [2.24, 2.45) is 0 Å². The van der Waals surface area contributed by atoms with Crippen LogP contribution in [0, 0.1) is 0 Å². The average molecular weight is 418 g/mol. The van der Waals surface area contributed by atoms with Gasteiger partial charge in [-0.15, -0.1) is 0 Å². The lowest BCUT2D eigenvalue weighted by Crippen LogP contribution is -2.35. The fourth-order valence-electron chi connectivity index (χ4n) is 3.06. The van der Waals surface area contributed by atoms with Crippen molar-refractivity contribution < 1.29 is 17.6 Å². The summed E-state index contributed by atoms with van der Waals surface area (Å²) in [5.41, 5.74) is 0.646. The Kier molecular flexibility index (Phi) is 5.29. The highest BCUT2D eigenvalue weighted by Gasteiger charge is 2.26. The third-order valence-corrected chi connectivity index (χ3v) is 7.31. The molecule has 9 heteroatoms. The maximum absolute atomic E-state index is 12.8. The summed E-state index contributed by atoms with van der Waals surface area (Å²) in [7, 11) is -3.50. The molecule has 1 amide bonds. The molecule has 1 N–H and O–H groups in total. The molecule has 3 aromatic rings. The predicted octanol–water partition coefficient (Wildman–Crippen LogP) is 3.72. The quantitative estimate of drug-likeness (QED) is 0.639. The standard InChI is InChI=1S/C19H19N3O4S2/c23-18(9-6-14-5-4-12-26-14)21-19-20-16-8-7-15(13-17(16)27-19)28(24,25)22-10-2-1-3-11-22/h4-9,12-13H,1-3,10-11H2,(H,20,21,23). The third-order valence-electron chi connectivity index (χ3n) is 4.48. The SMILES string of the molecule is O=C(C=Cc1ccco1)Nc1nc2ccc(S(=O)(=O)N3CCCCC3)cc2s1. The number of hydrogen-bond acceptors (Lipinski definition) is 6. The van der Waals surface area contributed by atoms with Crippen LogP contribution in [0.5, 0.6) is 0 Å². The Morgan fingerprint density at radius 2 is 2.04 bits per heavy atom. The zero-order valence-electron chi connectivity index (χ0n) is 15.0. The molecule has 0 atom stereocenters. The van der Waals surface area contributed by atoms with E-state index in [9.17, 15) is 13.2 Å². The van der Waals surface area contributed by atoms with Crippen LogP contribution in [0.15, 0.2) is 52.0 Å². The summed E-state index contributed by atoms with van der Waals surface area (Å²) in [5, 5.41) is 3.11. The summed E-state index contributed by atoms with van der Waals surface area (Å²) in [5.74, 6) is 0.239. The number of fused-ring (bicyclic) bond motifs is 1. The number of aromatic nitrogens is 1. The first-order chi connectivity index (χ1) is 13.5. The number of carbonyl (C=O) groups is 1. The molecule has 0 aliphatic carbocycles. The summed E-state index contributed by atoms with van der Waals surface area (Å²) < 4.78 is 33.1. The van der Waals surface area contributed by atoms with E-state index >= 15 is 0 Å². The molecule has 0 bridgehead atoms. The van der Waals surface area contributed by atoms with E-state index in [1.165, 1.54) is 23.7 Å². The molecule has 1 aliphatic heterocycles. The van der Waals surface area contributed by atoms with Crippen LogP contribution in [0.4, 0.5) is 5.13 Å². The lowest BCUT2D eigenvalue weighted by Gasteiger charge is -2.25. The number of amides is 1. The minimum absolute atomic E-state index is 0.265. The van der Waals surface area contributed by atoms with Crippen LogP contribution in [-0.4, -0.2) is 36.7 Å². The average Bonchev–Trinajstić information content (AvgIpc) is 3.35. The van der Waals surface area contributed by atoms with Crippen molar-refractivity contribution in [2.75, 3.05) is 18.4 Å². The topological polar surface area (TPSA) is 92.5 Å². The van der Waals surface area contributed by atoms with Crippen molar-refractivity contribution >= 4 is 48.7 Å². The lowest BCUT2D eigenvalue weighted by molar-refractivity contribution is -0.111. The van der Waals surface area contributed by atoms with Gasteiger partial charge in [0, 0.05) is 19.2 Å². The summed E-state index contributed by atoms with van der Waals surface area (Å²) in [6, 6.07) is 8.36. The molecule has 1 fully saturated rings. The Morgan fingerprint density at radius 1 is 1.21 bits per heavy atom. The van der Waals surface area contributed by atoms with Crippen molar-refractivity contribution in [1.29, 1.82) is 0 Å². The smallest absolute Gasteiger partial charge is 0.250 e. The second kappa shape index (κ2) is 7.86. The van der Waals surface area contributed by atoms with Gasteiger partial charge in [0.1, 0.15) is 5.76 Å². The van der Waals surface area contributed by atoms with Crippen LogP contribution >= 0.6 is 11.3 Å². The molecule has 3 heterocycles. The molecule has 1 saturated heterocycles. The molecule has 0 unspecified atom stereocenters. The van der Waals surface area contributed by atoms with Crippen molar-refractivity contribution in [3.8, 4) is 0 Å². The van der Waals surface area contributed by atoms with Crippen molar-refractivity contribution in [2.45, 2.75) is 24.2 Å². The number of carbonyl (C=O) groups excluding carboxylic acids is 1. The molecule has 4 rings (SSSR count). The van der Waals surface area contributed by atoms with Gasteiger partial charge >= 0.3 is 0 Å². The van der Waals surface area contributed by atoms with Crippen LogP contribution in [0.2, 0.25) is 0 Å². The number of rotatable bonds is 5. The second-order valence-electron chi connectivity index (χ2n) is 6.45. The number of benzene rings is 1. The summed E-state index contributed by atoms with van der Waals surface area (Å²) in [4.78, 5) is 16.7. The molecular formula is C19H19N3O4S2. The van der Waals surface area contributed by atoms with E-state index < -0.39 is 10.0 Å². The lowest BCUT2D eigenvalue weighted by atomic mass is 10.2. The van der Waals surface area contributed by atoms with E-state index in [2.05, 4.69) is 10.3 Å². The number of nitrogens with zero attached hydrogens (tertiary/aromatic N) is 2. The van der Waals surface area contributed by atoms with Crippen LogP contribution in [0.25, 0.3) is 16.3 Å². The highest BCUT2D eigenvalue weighted by atomic mass is 32.2. The predicted molar refractivity (Wildman–Crippen MR) is 109 cm³/mol. The first-order valence-corrected chi connectivity index (χ1v) is 11.2. The molecule has 7 nitrogen and oxygen atoms in total. The number of nitrogens with one attached hydrogen (secondary N) is 1. The Labute approximate surface area is 166 Å². The number of sulfonamides is 1. The number of anilines is 1. The third kappa shape index (κ3) is 4.01. The molecular weight excluding hydrogens is 398 g/mol. The molecule has 146 valence electrons. The van der Waals surface area contributed by atoms with Gasteiger partial charge in [0.2, 0.25) is 15.9 Å². The van der Waals surface area contributed by atoms with Crippen molar-refractivity contribution in [1.82, 2.24) is 9.29 Å². The Bertz CT molecular complexity index is 1110. The minimum atomic E-state index is -3.50. The summed E-state index contributed by atoms with van der Waals surface area (Å²) >= 11 is 1.24. The van der Waals surface area contributed by atoms with Gasteiger partial charge in [-0.3, -0.25) is 10.1 Å². The van der Waals surface area contributed by atoms with Gasteiger partial charge in [0.05, 0.1) is 21.4 Å². The van der Waals surface area contributed by atoms with E-state index in [1.807, 2.05) is 0 Å². The van der Waals surface area contributed by atoms with Crippen LogP contribution in [0.1, 0.15) is 25.0 Å². The number of thiazole rings is 1. The number of piperidine rings is 1. The second-order valence-corrected chi connectivity index (χ2v) is 9.42. The van der Waals surface area contributed by atoms with Gasteiger partial charge in [-0.1, -0.05) is 17.8 Å². The Balaban J connectivity index is 1.52. The summed E-state index contributed by atoms with van der Waals surface area (Å²) in [6.45, 7) is 1.12. The Morgan fingerprint density at radius 3 is 2.79 bits per heavy atom. The largest absolute Gasteiger partial charge is 0.465 e. The van der Waals surface area contributed by atoms with E-state index in [4.69, 9.17) is 4.42 Å². The Hall–Kier alpha value is -2.49. The van der Waals surface area contributed by atoms with Gasteiger partial charge in [-0.2, -0.15) is 4.31 Å². The van der Waals surface area contributed by atoms with Crippen LogP contribution < -0.4 is 5.32 Å². The maximum Gasteiger partial charge on any atom is 0.250 e. The van der Waals surface area contributed by atoms with Gasteiger partial charge in [-0.05, 0) is 49.2 Å². The molecule has 1 aliphatic rings. The first-order valence-electron chi connectivity index (χ1n) is 8.96. The number of hydrogen-bond donors (Lipinski definition) is 1. The molecule has 0 saturated carbocycles. The summed E-state index contributed by atoms with van der Waals surface area (Å²) in [6.07, 6.45) is 7.30. The van der Waals surface area contributed by atoms with Crippen molar-refractivity contribution in [3.63, 3.8) is 0 Å². The van der Waals surface area contributed by atoms with Crippen LogP contribution in [0.3, 0.4) is 0 Å². The normalized spacial score (nSPS) is 16.0. The molecule has 28 heavy (non-hydrogen) atoms. The van der Waals surface area contributed by atoms with Gasteiger partial charge in [-0.25, -0.2) is 13.4 Å². The van der Waals surface area contributed by atoms with E-state index in [1.54, 1.807) is 40.7 Å². The van der Waals surface area contributed by atoms with Gasteiger partial charge in [0.15, 0.2) is 5.13 Å². The fourth-order valence-corrected chi connectivity index (χ4v) is 5.59. The van der Waals surface area contributed by atoms with Crippen molar-refractivity contribution in [3.05, 3.63) is 48.4 Å². The molecule has 0 spiro atoms. The number of furan rings is 1. The molecule has 0 radical (unpaired) electrons. The highest BCUT2D eigenvalue weighted by Crippen LogP contribution is 2.30. The van der Waals surface area contributed by atoms with Gasteiger partial charge in [0.25, 0.3) is 0 Å². The van der Waals surface area contributed by atoms with E-state index in [0.29, 0.717) is 34.2 Å².